The number of nitrogens with zero attached hydrogens (tertiary/aromatic N) is 6. The molecule has 4 heterocycles. The first kappa shape index (κ1) is 26.4. The molecule has 0 saturated heterocycles. The van der Waals surface area contributed by atoms with Crippen molar-refractivity contribution in [1.82, 2.24) is 29.9 Å². The molecule has 6 rings (SSSR count). The van der Waals surface area contributed by atoms with Gasteiger partial charge in [-0.2, -0.15) is 41.8 Å². The fraction of sp³-hybridized carbons (Fsp3) is 0.100. The minimum Gasteiger partial charge on any atom is -0.377 e. The zero-order chi connectivity index (χ0) is 27.9. The lowest BCUT2D eigenvalue weighted by Gasteiger charge is -2.16. The molecule has 0 atom stereocenters. The number of hydrogen-bond acceptors (Lipinski definition) is 14. The summed E-state index contributed by atoms with van der Waals surface area (Å²) in [6.45, 7) is 1.46. The van der Waals surface area contributed by atoms with Gasteiger partial charge in [-0.15, -0.1) is 0 Å². The van der Waals surface area contributed by atoms with Crippen LogP contribution in [0.1, 0.15) is 11.6 Å². The lowest BCUT2D eigenvalue weighted by Crippen LogP contribution is -2.14. The summed E-state index contributed by atoms with van der Waals surface area (Å²) >= 11 is 6.04. The van der Waals surface area contributed by atoms with Gasteiger partial charge in [0.05, 0.1) is 17.9 Å². The van der Waals surface area contributed by atoms with E-state index in [0.29, 0.717) is 23.3 Å². The predicted octanol–water partition coefficient (Wildman–Crippen LogP) is 2.67. The van der Waals surface area contributed by atoms with Crippen LogP contribution in [0.15, 0.2) is 46.2 Å². The number of anilines is 7. The van der Waals surface area contributed by atoms with Gasteiger partial charge in [0, 0.05) is 11.4 Å². The first-order valence-corrected chi connectivity index (χ1v) is 14.0. The smallest absolute Gasteiger partial charge is 0.296 e. The van der Waals surface area contributed by atoms with Gasteiger partial charge >= 0.3 is 0 Å². The molecule has 16 nitrogen and oxygen atoms in total. The van der Waals surface area contributed by atoms with Crippen molar-refractivity contribution in [3.63, 3.8) is 0 Å². The molecule has 2 aliphatic heterocycles. The Hall–Kier alpha value is -4.23. The SMILES string of the molecule is Cc1nc2nc(n1)Nc1ccc(cc1)Nc1nc(Cl)nc(n1)Nc1cc(c(S(=O)(=O)O)cc1S(=O)(=O)O)NC2. The number of aromatic nitrogens is 6. The maximum atomic E-state index is 12.2. The summed E-state index contributed by atoms with van der Waals surface area (Å²) in [5.74, 6) is 0.486. The lowest BCUT2D eigenvalue weighted by molar-refractivity contribution is 0.481. The number of fused-ring (bicyclic) bond motifs is 3. The molecule has 8 bridgehead atoms. The minimum absolute atomic E-state index is 0.0154. The Balaban J connectivity index is 1.71. The third-order valence-corrected chi connectivity index (χ3v) is 7.08. The molecule has 0 saturated carbocycles. The highest BCUT2D eigenvalue weighted by Gasteiger charge is 2.26. The molecule has 6 N–H and O–H groups in total. The highest BCUT2D eigenvalue weighted by Crippen LogP contribution is 2.34. The van der Waals surface area contributed by atoms with Gasteiger partial charge in [-0.25, -0.2) is 4.98 Å². The van der Waals surface area contributed by atoms with Gasteiger partial charge in [-0.3, -0.25) is 9.11 Å². The van der Waals surface area contributed by atoms with Crippen molar-refractivity contribution in [2.45, 2.75) is 23.3 Å². The fourth-order valence-electron chi connectivity index (χ4n) is 3.55. The molecule has 0 amide bonds. The highest BCUT2D eigenvalue weighted by atomic mass is 35.5. The Morgan fingerprint density at radius 3 is 1.85 bits per heavy atom. The van der Waals surface area contributed by atoms with Crippen molar-refractivity contribution in [2.24, 2.45) is 0 Å². The van der Waals surface area contributed by atoms with Crippen molar-refractivity contribution in [1.29, 1.82) is 0 Å². The highest BCUT2D eigenvalue weighted by molar-refractivity contribution is 7.86. The van der Waals surface area contributed by atoms with Crippen LogP contribution in [0.5, 0.6) is 0 Å². The largest absolute Gasteiger partial charge is 0.377 e. The molecule has 202 valence electrons. The normalized spacial score (nSPS) is 13.2. The van der Waals surface area contributed by atoms with E-state index in [0.717, 1.165) is 6.07 Å². The maximum absolute atomic E-state index is 12.2. The van der Waals surface area contributed by atoms with Crippen LogP contribution in [0.3, 0.4) is 0 Å². The van der Waals surface area contributed by atoms with Crippen LogP contribution < -0.4 is 21.3 Å². The molecular formula is C20H17ClN10O6S2. The third kappa shape index (κ3) is 6.10. The summed E-state index contributed by atoms with van der Waals surface area (Å²) in [6.07, 6.45) is 0. The van der Waals surface area contributed by atoms with Gasteiger partial charge in [-0.05, 0) is 54.9 Å². The van der Waals surface area contributed by atoms with E-state index in [1.54, 1.807) is 31.2 Å². The molecule has 2 aliphatic rings. The molecule has 39 heavy (non-hydrogen) atoms. The van der Waals surface area contributed by atoms with E-state index >= 15 is 0 Å². The molecule has 0 radical (unpaired) electrons. The molecule has 0 spiro atoms. The van der Waals surface area contributed by atoms with Gasteiger partial charge in [0.2, 0.25) is 23.1 Å². The maximum Gasteiger partial charge on any atom is 0.296 e. The lowest BCUT2D eigenvalue weighted by atomic mass is 10.2. The second kappa shape index (κ2) is 9.82. The quantitative estimate of drug-likeness (QED) is 0.183. The van der Waals surface area contributed by atoms with Crippen LogP contribution in [-0.4, -0.2) is 55.8 Å². The van der Waals surface area contributed by atoms with E-state index in [9.17, 15) is 25.9 Å². The van der Waals surface area contributed by atoms with E-state index in [1.165, 1.54) is 0 Å². The van der Waals surface area contributed by atoms with Crippen LogP contribution >= 0.6 is 11.6 Å². The molecule has 0 fully saturated rings. The van der Waals surface area contributed by atoms with Crippen LogP contribution in [0.25, 0.3) is 0 Å². The fourth-order valence-corrected chi connectivity index (χ4v) is 5.11. The summed E-state index contributed by atoms with van der Waals surface area (Å²) < 4.78 is 68.2. The molecule has 0 aliphatic carbocycles. The van der Waals surface area contributed by atoms with Crippen LogP contribution in [-0.2, 0) is 26.8 Å². The second-order valence-electron chi connectivity index (χ2n) is 7.97. The van der Waals surface area contributed by atoms with E-state index in [4.69, 9.17) is 11.6 Å². The average Bonchev–Trinajstić information content (AvgIpc) is 2.81. The zero-order valence-corrected chi connectivity index (χ0v) is 22.0. The van der Waals surface area contributed by atoms with Crippen molar-refractivity contribution in [3.8, 4) is 0 Å². The van der Waals surface area contributed by atoms with Crippen LogP contribution in [0.4, 0.5) is 40.6 Å². The van der Waals surface area contributed by atoms with Crippen molar-refractivity contribution in [2.75, 3.05) is 21.3 Å². The van der Waals surface area contributed by atoms with Crippen molar-refractivity contribution in [3.05, 3.63) is 53.3 Å². The Labute approximate surface area is 225 Å². The van der Waals surface area contributed by atoms with Gasteiger partial charge in [0.25, 0.3) is 20.2 Å². The molecule has 2 aromatic heterocycles. The average molecular weight is 593 g/mol. The molecule has 0 unspecified atom stereocenters. The first-order valence-electron chi connectivity index (χ1n) is 10.7. The topological polar surface area (TPSA) is 234 Å². The molecule has 4 aromatic rings. The van der Waals surface area contributed by atoms with Crippen molar-refractivity contribution < 1.29 is 25.9 Å². The molecular weight excluding hydrogens is 576 g/mol. The van der Waals surface area contributed by atoms with Crippen LogP contribution in [0.2, 0.25) is 5.28 Å². The summed E-state index contributed by atoms with van der Waals surface area (Å²) in [6, 6.07) is 8.47. The number of halogens is 1. The Morgan fingerprint density at radius 2 is 1.26 bits per heavy atom. The van der Waals surface area contributed by atoms with E-state index < -0.39 is 30.0 Å². The number of benzene rings is 2. The number of rotatable bonds is 2. The molecule has 19 heteroatoms. The number of nitrogens with one attached hydrogen (secondary N) is 4. The van der Waals surface area contributed by atoms with Gasteiger partial charge in [0.1, 0.15) is 15.6 Å². The first-order chi connectivity index (χ1) is 18.3. The Kier molecular flexibility index (Phi) is 6.64. The predicted molar refractivity (Wildman–Crippen MR) is 139 cm³/mol. The van der Waals surface area contributed by atoms with Crippen LogP contribution in [0, 0.1) is 6.92 Å². The Morgan fingerprint density at radius 1 is 0.718 bits per heavy atom. The minimum atomic E-state index is -5.02. The molecule has 2 aromatic carbocycles. The van der Waals surface area contributed by atoms with Crippen molar-refractivity contribution >= 4 is 72.4 Å². The van der Waals surface area contributed by atoms with Gasteiger partial charge in [-0.1, -0.05) is 0 Å². The Bertz CT molecular complexity index is 1820. The standard InChI is InChI=1S/C20H17ClN10O6S2/c1-9-23-16-8-22-12-6-13(15(39(35,36)37)7-14(12)38(32,33)34)27-20-30-17(21)29-19(31-20)26-11-4-2-10(3-5-11)25-18(24-9)28-16/h2-7,22H,8H2,1H3,(H,32,33,34)(H,35,36,37)(H,23,24,25,28)(H2,26,27,29,30,31). The summed E-state index contributed by atoms with van der Waals surface area (Å²) in [7, 11) is -10.00. The van der Waals surface area contributed by atoms with E-state index in [-0.39, 0.29) is 46.9 Å². The number of aryl methyl sites for hydroxylation is 1. The van der Waals surface area contributed by atoms with Gasteiger partial charge < -0.3 is 21.3 Å². The van der Waals surface area contributed by atoms with Gasteiger partial charge in [0.15, 0.2) is 5.82 Å². The van der Waals surface area contributed by atoms with E-state index in [1.807, 2.05) is 0 Å². The number of hydrogen-bond donors (Lipinski definition) is 6. The van der Waals surface area contributed by atoms with E-state index in [2.05, 4.69) is 51.2 Å². The second-order valence-corrected chi connectivity index (χ2v) is 11.1. The summed E-state index contributed by atoms with van der Waals surface area (Å²) in [5.41, 5.74) is 0.598. The third-order valence-electron chi connectivity index (χ3n) is 5.12. The monoisotopic (exact) mass is 592 g/mol. The zero-order valence-electron chi connectivity index (χ0n) is 19.6. The summed E-state index contributed by atoms with van der Waals surface area (Å²) in [4.78, 5) is 23.1. The summed E-state index contributed by atoms with van der Waals surface area (Å²) in [5, 5.41) is 11.1.